The Bertz CT molecular complexity index is 291. The lowest BCUT2D eigenvalue weighted by Gasteiger charge is -2.04. The molecule has 3 heteroatoms. The van der Waals surface area contributed by atoms with Gasteiger partial charge in [-0.25, -0.2) is 4.98 Å². The second-order valence-electron chi connectivity index (χ2n) is 2.16. The fraction of sp³-hybridized carbons (Fsp3) is 0.222. The van der Waals surface area contributed by atoms with Crippen molar-refractivity contribution in [3.63, 3.8) is 0 Å². The molecule has 0 unspecified atom stereocenters. The summed E-state index contributed by atoms with van der Waals surface area (Å²) in [5.74, 6) is 2.89. The van der Waals surface area contributed by atoms with E-state index < -0.39 is 0 Å². The molecule has 0 saturated carbocycles. The Morgan fingerprint density at radius 3 is 3.17 bits per heavy atom. The summed E-state index contributed by atoms with van der Waals surface area (Å²) in [6.45, 7) is 0.637. The van der Waals surface area contributed by atoms with Crippen molar-refractivity contribution in [2.75, 3.05) is 6.61 Å². The van der Waals surface area contributed by atoms with E-state index >= 15 is 0 Å². The largest absolute Gasteiger partial charge is 0.464 e. The van der Waals surface area contributed by atoms with Crippen molar-refractivity contribution in [1.29, 1.82) is 0 Å². The van der Waals surface area contributed by atoms with E-state index in [2.05, 4.69) is 10.9 Å². The number of hydrogen-bond acceptors (Lipinski definition) is 3. The van der Waals surface area contributed by atoms with Crippen LogP contribution in [0.15, 0.2) is 18.3 Å². The molecule has 1 rings (SSSR count). The Balaban J connectivity index is 2.76. The van der Waals surface area contributed by atoms with Crippen LogP contribution < -0.4 is 10.5 Å². The molecule has 0 radical (unpaired) electrons. The number of nitrogens with two attached hydrogens (primary N) is 1. The molecule has 62 valence electrons. The van der Waals surface area contributed by atoms with Crippen molar-refractivity contribution < 1.29 is 4.74 Å². The Morgan fingerprint density at radius 1 is 1.67 bits per heavy atom. The Hall–Kier alpha value is -1.53. The second-order valence-corrected chi connectivity index (χ2v) is 2.16. The van der Waals surface area contributed by atoms with Crippen molar-refractivity contribution in [2.24, 2.45) is 5.73 Å². The zero-order valence-electron chi connectivity index (χ0n) is 6.66. The zero-order valence-corrected chi connectivity index (χ0v) is 6.66. The fourth-order valence-corrected chi connectivity index (χ4v) is 0.819. The predicted octanol–water partition coefficient (Wildman–Crippen LogP) is 0.552. The highest BCUT2D eigenvalue weighted by Crippen LogP contribution is 2.12. The first-order valence-electron chi connectivity index (χ1n) is 3.58. The number of terminal acetylenes is 1. The summed E-state index contributed by atoms with van der Waals surface area (Å²) in [6.07, 6.45) is 6.68. The molecule has 0 aliphatic heterocycles. The van der Waals surface area contributed by atoms with Gasteiger partial charge in [-0.3, -0.25) is 0 Å². The van der Waals surface area contributed by atoms with Crippen LogP contribution >= 0.6 is 0 Å². The summed E-state index contributed by atoms with van der Waals surface area (Å²) in [4.78, 5) is 3.99. The van der Waals surface area contributed by atoms with Gasteiger partial charge in [0.2, 0.25) is 5.88 Å². The summed E-state index contributed by atoms with van der Waals surface area (Å²) < 4.78 is 5.15. The van der Waals surface area contributed by atoms with Crippen LogP contribution in [0.25, 0.3) is 0 Å². The van der Waals surface area contributed by atoms with Gasteiger partial charge in [0.15, 0.2) is 6.61 Å². The van der Waals surface area contributed by atoms with E-state index in [1.807, 2.05) is 12.1 Å². The normalized spacial score (nSPS) is 9.00. The molecule has 0 saturated heterocycles. The smallest absolute Gasteiger partial charge is 0.218 e. The highest BCUT2D eigenvalue weighted by atomic mass is 16.5. The van der Waals surface area contributed by atoms with Crippen LogP contribution in [0.3, 0.4) is 0 Å². The van der Waals surface area contributed by atoms with Crippen molar-refractivity contribution in [3.05, 3.63) is 23.9 Å². The lowest BCUT2D eigenvalue weighted by molar-refractivity contribution is 0.351. The number of ether oxygens (including phenoxy) is 1. The van der Waals surface area contributed by atoms with Gasteiger partial charge in [0.25, 0.3) is 0 Å². The van der Waals surface area contributed by atoms with Crippen LogP contribution in [0.2, 0.25) is 0 Å². The van der Waals surface area contributed by atoms with Gasteiger partial charge in [0.1, 0.15) is 0 Å². The van der Waals surface area contributed by atoms with Crippen LogP contribution in [-0.2, 0) is 6.54 Å². The molecule has 1 aromatic rings. The summed E-state index contributed by atoms with van der Waals surface area (Å²) in [5, 5.41) is 0. The molecule has 0 amide bonds. The quantitative estimate of drug-likeness (QED) is 0.660. The minimum atomic E-state index is 0.226. The average Bonchev–Trinajstić information content (AvgIpc) is 2.15. The topological polar surface area (TPSA) is 48.1 Å². The number of pyridine rings is 1. The highest BCUT2D eigenvalue weighted by molar-refractivity contribution is 5.25. The molecule has 0 aliphatic rings. The molecule has 0 spiro atoms. The third-order valence-corrected chi connectivity index (χ3v) is 1.36. The molecular formula is C9H10N2O. The summed E-state index contributed by atoms with van der Waals surface area (Å²) in [6, 6.07) is 3.67. The maximum absolute atomic E-state index is 5.45. The Labute approximate surface area is 71.6 Å². The lowest BCUT2D eigenvalue weighted by atomic mass is 10.3. The van der Waals surface area contributed by atoms with Gasteiger partial charge < -0.3 is 10.5 Å². The van der Waals surface area contributed by atoms with Gasteiger partial charge in [-0.15, -0.1) is 6.42 Å². The van der Waals surface area contributed by atoms with Crippen molar-refractivity contribution >= 4 is 0 Å². The number of hydrogen-bond donors (Lipinski definition) is 1. The number of rotatable bonds is 3. The second kappa shape index (κ2) is 4.37. The van der Waals surface area contributed by atoms with Crippen LogP contribution in [0.4, 0.5) is 0 Å². The summed E-state index contributed by atoms with van der Waals surface area (Å²) in [5.41, 5.74) is 6.32. The van der Waals surface area contributed by atoms with E-state index in [-0.39, 0.29) is 6.61 Å². The van der Waals surface area contributed by atoms with Gasteiger partial charge in [0.05, 0.1) is 0 Å². The molecule has 1 heterocycles. The average molecular weight is 162 g/mol. The standard InChI is InChI=1S/C9H10N2O/c1-2-6-12-9-8(7-10)4-3-5-11-9/h1,3-5H,6-7,10H2. The van der Waals surface area contributed by atoms with Gasteiger partial charge in [-0.2, -0.15) is 0 Å². The maximum atomic E-state index is 5.45. The predicted molar refractivity (Wildman–Crippen MR) is 46.5 cm³/mol. The van der Waals surface area contributed by atoms with Crippen molar-refractivity contribution in [1.82, 2.24) is 4.98 Å². The van der Waals surface area contributed by atoms with Gasteiger partial charge in [-0.1, -0.05) is 12.0 Å². The number of nitrogens with zero attached hydrogens (tertiary/aromatic N) is 1. The maximum Gasteiger partial charge on any atom is 0.218 e. The van der Waals surface area contributed by atoms with Crippen LogP contribution in [0.5, 0.6) is 5.88 Å². The zero-order chi connectivity index (χ0) is 8.81. The third kappa shape index (κ3) is 1.97. The van der Waals surface area contributed by atoms with Crippen molar-refractivity contribution in [3.8, 4) is 18.2 Å². The van der Waals surface area contributed by atoms with E-state index in [0.29, 0.717) is 12.4 Å². The Morgan fingerprint density at radius 2 is 2.50 bits per heavy atom. The molecule has 1 aromatic heterocycles. The van der Waals surface area contributed by atoms with Gasteiger partial charge >= 0.3 is 0 Å². The third-order valence-electron chi connectivity index (χ3n) is 1.36. The summed E-state index contributed by atoms with van der Waals surface area (Å²) >= 11 is 0. The van der Waals surface area contributed by atoms with Crippen LogP contribution in [-0.4, -0.2) is 11.6 Å². The van der Waals surface area contributed by atoms with Gasteiger partial charge in [-0.05, 0) is 6.07 Å². The molecule has 0 fully saturated rings. The van der Waals surface area contributed by atoms with Crippen LogP contribution in [0, 0.1) is 12.3 Å². The fourth-order valence-electron chi connectivity index (χ4n) is 0.819. The molecule has 0 bridgehead atoms. The molecule has 2 N–H and O–H groups in total. The first-order valence-corrected chi connectivity index (χ1v) is 3.58. The number of aromatic nitrogens is 1. The molecule has 12 heavy (non-hydrogen) atoms. The molecule has 3 nitrogen and oxygen atoms in total. The first kappa shape index (κ1) is 8.57. The minimum absolute atomic E-state index is 0.226. The molecule has 0 aromatic carbocycles. The molecule has 0 aliphatic carbocycles. The van der Waals surface area contributed by atoms with Crippen molar-refractivity contribution in [2.45, 2.75) is 6.54 Å². The van der Waals surface area contributed by atoms with E-state index in [9.17, 15) is 0 Å². The Kier molecular flexibility index (Phi) is 3.12. The molecule has 0 atom stereocenters. The first-order chi connectivity index (χ1) is 5.88. The van der Waals surface area contributed by atoms with E-state index in [1.54, 1.807) is 6.20 Å². The monoisotopic (exact) mass is 162 g/mol. The summed E-state index contributed by atoms with van der Waals surface area (Å²) in [7, 11) is 0. The SMILES string of the molecule is C#CCOc1ncccc1CN. The lowest BCUT2D eigenvalue weighted by Crippen LogP contribution is -2.03. The van der Waals surface area contributed by atoms with E-state index in [4.69, 9.17) is 16.9 Å². The van der Waals surface area contributed by atoms with Crippen LogP contribution in [0.1, 0.15) is 5.56 Å². The minimum Gasteiger partial charge on any atom is -0.464 e. The van der Waals surface area contributed by atoms with E-state index in [0.717, 1.165) is 5.56 Å². The van der Waals surface area contributed by atoms with Gasteiger partial charge in [0, 0.05) is 18.3 Å². The molecular weight excluding hydrogens is 152 g/mol. The van der Waals surface area contributed by atoms with E-state index in [1.165, 1.54) is 0 Å². The highest BCUT2D eigenvalue weighted by Gasteiger charge is 2.00.